The van der Waals surface area contributed by atoms with Gasteiger partial charge in [0.2, 0.25) is 0 Å². The van der Waals surface area contributed by atoms with Crippen LogP contribution in [-0.4, -0.2) is 35.5 Å². The Balaban J connectivity index is 2.50. The highest BCUT2D eigenvalue weighted by Crippen LogP contribution is 2.19. The molecule has 1 heterocycles. The van der Waals surface area contributed by atoms with E-state index in [1.54, 1.807) is 6.20 Å². The number of carbonyl (C=O) groups is 1. The Morgan fingerprint density at radius 1 is 1.59 bits per heavy atom. The first-order valence-corrected chi connectivity index (χ1v) is 6.83. The molecule has 0 radical (unpaired) electrons. The van der Waals surface area contributed by atoms with E-state index in [4.69, 9.17) is 16.3 Å². The largest absolute Gasteiger partial charge is 0.465 e. The summed E-state index contributed by atoms with van der Waals surface area (Å²) in [6.45, 7) is 6.18. The van der Waals surface area contributed by atoms with Crippen molar-refractivity contribution in [2.24, 2.45) is 0 Å². The molecule has 0 bridgehead atoms. The molecule has 6 heteroatoms. The highest BCUT2D eigenvalue weighted by Gasteiger charge is 2.12. The Labute approximate surface area is 111 Å². The normalized spacial score (nSPS) is 10.8. The SMILES string of the molecule is CCCN(CC(=O)OCC)Cc1cnc(Cl)s1. The Morgan fingerprint density at radius 3 is 2.88 bits per heavy atom. The van der Waals surface area contributed by atoms with Crippen molar-refractivity contribution in [3.8, 4) is 0 Å². The molecular weight excluding hydrogens is 260 g/mol. The number of halogens is 1. The molecule has 4 nitrogen and oxygen atoms in total. The summed E-state index contributed by atoms with van der Waals surface area (Å²) in [5, 5.41) is 0. The molecular formula is C11H17ClN2O2S. The second-order valence-corrected chi connectivity index (χ2v) is 5.29. The van der Waals surface area contributed by atoms with Gasteiger partial charge in [-0.15, -0.1) is 11.3 Å². The summed E-state index contributed by atoms with van der Waals surface area (Å²) in [6.07, 6.45) is 2.74. The fourth-order valence-corrected chi connectivity index (χ4v) is 2.52. The lowest BCUT2D eigenvalue weighted by molar-refractivity contribution is -0.144. The first-order valence-electron chi connectivity index (χ1n) is 5.63. The third-order valence-corrected chi connectivity index (χ3v) is 3.20. The van der Waals surface area contributed by atoms with Gasteiger partial charge in [-0.25, -0.2) is 4.98 Å². The zero-order valence-corrected chi connectivity index (χ0v) is 11.7. The van der Waals surface area contributed by atoms with Crippen LogP contribution in [-0.2, 0) is 16.1 Å². The van der Waals surface area contributed by atoms with Crippen molar-refractivity contribution < 1.29 is 9.53 Å². The maximum absolute atomic E-state index is 11.4. The zero-order chi connectivity index (χ0) is 12.7. The summed E-state index contributed by atoms with van der Waals surface area (Å²) in [7, 11) is 0. The highest BCUT2D eigenvalue weighted by molar-refractivity contribution is 7.15. The van der Waals surface area contributed by atoms with Crippen LogP contribution in [0.15, 0.2) is 6.20 Å². The Morgan fingerprint density at radius 2 is 2.35 bits per heavy atom. The van der Waals surface area contributed by atoms with Gasteiger partial charge in [0, 0.05) is 17.6 Å². The molecule has 0 aliphatic rings. The van der Waals surface area contributed by atoms with Crippen LogP contribution in [0, 0.1) is 0 Å². The minimum atomic E-state index is -0.184. The lowest BCUT2D eigenvalue weighted by atomic mass is 10.3. The summed E-state index contributed by atoms with van der Waals surface area (Å²) in [4.78, 5) is 18.5. The molecule has 0 aliphatic heterocycles. The molecule has 17 heavy (non-hydrogen) atoms. The number of ether oxygens (including phenoxy) is 1. The molecule has 0 saturated heterocycles. The van der Waals surface area contributed by atoms with E-state index in [1.807, 2.05) is 11.8 Å². The minimum Gasteiger partial charge on any atom is -0.465 e. The summed E-state index contributed by atoms with van der Waals surface area (Å²) >= 11 is 7.22. The van der Waals surface area contributed by atoms with Gasteiger partial charge in [0.15, 0.2) is 4.47 Å². The molecule has 1 rings (SSSR count). The van der Waals surface area contributed by atoms with Crippen molar-refractivity contribution in [1.82, 2.24) is 9.88 Å². The third kappa shape index (κ3) is 5.48. The number of thiazole rings is 1. The van der Waals surface area contributed by atoms with E-state index in [9.17, 15) is 4.79 Å². The number of rotatable bonds is 7. The number of carbonyl (C=O) groups excluding carboxylic acids is 1. The van der Waals surface area contributed by atoms with Gasteiger partial charge in [-0.3, -0.25) is 9.69 Å². The van der Waals surface area contributed by atoms with Crippen molar-refractivity contribution in [2.45, 2.75) is 26.8 Å². The molecule has 0 N–H and O–H groups in total. The summed E-state index contributed by atoms with van der Waals surface area (Å²) in [5.41, 5.74) is 0. The Bertz CT molecular complexity index is 357. The number of aromatic nitrogens is 1. The van der Waals surface area contributed by atoms with E-state index < -0.39 is 0 Å². The van der Waals surface area contributed by atoms with Gasteiger partial charge in [0.1, 0.15) is 0 Å². The van der Waals surface area contributed by atoms with Gasteiger partial charge < -0.3 is 4.74 Å². The van der Waals surface area contributed by atoms with Gasteiger partial charge in [-0.05, 0) is 19.9 Å². The summed E-state index contributed by atoms with van der Waals surface area (Å²) < 4.78 is 5.48. The monoisotopic (exact) mass is 276 g/mol. The smallest absolute Gasteiger partial charge is 0.320 e. The molecule has 0 aromatic carbocycles. The van der Waals surface area contributed by atoms with Crippen LogP contribution in [0.2, 0.25) is 4.47 Å². The number of esters is 1. The second-order valence-electron chi connectivity index (χ2n) is 3.60. The number of hydrogen-bond acceptors (Lipinski definition) is 5. The number of hydrogen-bond donors (Lipinski definition) is 0. The van der Waals surface area contributed by atoms with Crippen molar-refractivity contribution in [2.75, 3.05) is 19.7 Å². The maximum atomic E-state index is 11.4. The van der Waals surface area contributed by atoms with Gasteiger partial charge in [-0.1, -0.05) is 18.5 Å². The molecule has 0 amide bonds. The number of nitrogens with zero attached hydrogens (tertiary/aromatic N) is 2. The second kappa shape index (κ2) is 7.63. The van der Waals surface area contributed by atoms with Crippen molar-refractivity contribution in [1.29, 1.82) is 0 Å². The lowest BCUT2D eigenvalue weighted by Crippen LogP contribution is -2.31. The van der Waals surface area contributed by atoms with E-state index in [2.05, 4.69) is 11.9 Å². The van der Waals surface area contributed by atoms with Crippen LogP contribution in [0.5, 0.6) is 0 Å². The maximum Gasteiger partial charge on any atom is 0.320 e. The molecule has 1 aromatic rings. The van der Waals surface area contributed by atoms with Gasteiger partial charge in [0.25, 0.3) is 0 Å². The molecule has 0 fully saturated rings. The van der Waals surface area contributed by atoms with Gasteiger partial charge in [0.05, 0.1) is 13.2 Å². The van der Waals surface area contributed by atoms with E-state index in [0.717, 1.165) is 17.8 Å². The van der Waals surface area contributed by atoms with Crippen LogP contribution in [0.4, 0.5) is 0 Å². The first kappa shape index (κ1) is 14.4. The topological polar surface area (TPSA) is 42.4 Å². The van der Waals surface area contributed by atoms with Crippen LogP contribution in [0.25, 0.3) is 0 Å². The molecule has 1 aromatic heterocycles. The fourth-order valence-electron chi connectivity index (χ4n) is 1.50. The average molecular weight is 277 g/mol. The van der Waals surface area contributed by atoms with E-state index in [0.29, 0.717) is 24.2 Å². The molecule has 0 saturated carbocycles. The predicted octanol–water partition coefficient (Wildman–Crippen LogP) is 2.57. The van der Waals surface area contributed by atoms with Crippen LogP contribution >= 0.6 is 22.9 Å². The van der Waals surface area contributed by atoms with Crippen molar-refractivity contribution in [3.05, 3.63) is 15.5 Å². The van der Waals surface area contributed by atoms with E-state index >= 15 is 0 Å². The lowest BCUT2D eigenvalue weighted by Gasteiger charge is -2.19. The van der Waals surface area contributed by atoms with Gasteiger partial charge in [-0.2, -0.15) is 0 Å². The van der Waals surface area contributed by atoms with E-state index in [-0.39, 0.29) is 5.97 Å². The van der Waals surface area contributed by atoms with Crippen molar-refractivity contribution in [3.63, 3.8) is 0 Å². The first-order chi connectivity index (χ1) is 8.15. The highest BCUT2D eigenvalue weighted by atomic mass is 35.5. The molecule has 0 aliphatic carbocycles. The predicted molar refractivity (Wildman–Crippen MR) is 69.3 cm³/mol. The summed E-state index contributed by atoms with van der Waals surface area (Å²) in [5.74, 6) is -0.184. The third-order valence-electron chi connectivity index (χ3n) is 2.10. The van der Waals surface area contributed by atoms with Gasteiger partial charge >= 0.3 is 5.97 Å². The Kier molecular flexibility index (Phi) is 6.47. The minimum absolute atomic E-state index is 0.184. The van der Waals surface area contributed by atoms with Crippen LogP contribution < -0.4 is 0 Å². The molecule has 96 valence electrons. The summed E-state index contributed by atoms with van der Waals surface area (Å²) in [6, 6.07) is 0. The van der Waals surface area contributed by atoms with Crippen LogP contribution in [0.1, 0.15) is 25.1 Å². The van der Waals surface area contributed by atoms with Crippen LogP contribution in [0.3, 0.4) is 0 Å². The molecule has 0 spiro atoms. The molecule has 0 atom stereocenters. The van der Waals surface area contributed by atoms with Crippen molar-refractivity contribution >= 4 is 28.9 Å². The zero-order valence-electron chi connectivity index (χ0n) is 10.1. The average Bonchev–Trinajstić information content (AvgIpc) is 2.64. The van der Waals surface area contributed by atoms with E-state index in [1.165, 1.54) is 11.3 Å². The fraction of sp³-hybridized carbons (Fsp3) is 0.636. The quantitative estimate of drug-likeness (QED) is 0.718. The molecule has 0 unspecified atom stereocenters. The Hall–Kier alpha value is -0.650. The standard InChI is InChI=1S/C11H17ClN2O2S/c1-3-5-14(8-10(15)16-4-2)7-9-6-13-11(12)17-9/h6H,3-5,7-8H2,1-2H3.